The van der Waals surface area contributed by atoms with E-state index in [1.165, 1.54) is 0 Å². The average molecular weight is 150 g/mol. The first-order chi connectivity index (χ1) is 5.23. The monoisotopic (exact) mass is 150 g/mol. The lowest BCUT2D eigenvalue weighted by Gasteiger charge is -2.02. The van der Waals surface area contributed by atoms with E-state index in [1.54, 1.807) is 0 Å². The molecule has 1 fully saturated rings. The second-order valence-electron chi connectivity index (χ2n) is 2.94. The zero-order valence-electron chi connectivity index (χ0n) is 6.32. The highest BCUT2D eigenvalue weighted by molar-refractivity contribution is 5.26. The topological polar surface area (TPSA) is 32.8 Å². The number of epoxide rings is 1. The average Bonchev–Trinajstić information content (AvgIpc) is 2.64. The van der Waals surface area contributed by atoms with E-state index in [1.807, 2.05) is 37.3 Å². The van der Waals surface area contributed by atoms with E-state index in [0.717, 1.165) is 5.56 Å². The summed E-state index contributed by atoms with van der Waals surface area (Å²) in [5.41, 5.74) is 0.592. The van der Waals surface area contributed by atoms with Gasteiger partial charge in [-0.1, -0.05) is 30.3 Å². The Balaban J connectivity index is 2.32. The maximum Gasteiger partial charge on any atom is 0.189 e. The van der Waals surface area contributed by atoms with Crippen molar-refractivity contribution in [1.29, 1.82) is 0 Å². The first-order valence-corrected chi connectivity index (χ1v) is 3.65. The summed E-state index contributed by atoms with van der Waals surface area (Å²) in [5, 5.41) is 9.12. The van der Waals surface area contributed by atoms with E-state index in [9.17, 15) is 0 Å². The quantitative estimate of drug-likeness (QED) is 0.611. The van der Waals surface area contributed by atoms with Crippen molar-refractivity contribution in [2.45, 2.75) is 18.8 Å². The number of aliphatic hydroxyl groups excluding tert-OH is 1. The van der Waals surface area contributed by atoms with Crippen LogP contribution in [0.5, 0.6) is 0 Å². The Labute approximate surface area is 65.4 Å². The summed E-state index contributed by atoms with van der Waals surface area (Å²) in [6.07, 6.45) is -0.620. The zero-order chi connectivity index (χ0) is 7.90. The fourth-order valence-electron chi connectivity index (χ4n) is 1.18. The number of rotatable bonds is 1. The minimum absolute atomic E-state index is 0.443. The van der Waals surface area contributed by atoms with Crippen LogP contribution in [0.3, 0.4) is 0 Å². The first-order valence-electron chi connectivity index (χ1n) is 3.65. The van der Waals surface area contributed by atoms with Crippen LogP contribution in [0.4, 0.5) is 0 Å². The molecular weight excluding hydrogens is 140 g/mol. The summed E-state index contributed by atoms with van der Waals surface area (Å²) in [7, 11) is 0. The molecule has 0 amide bonds. The molecule has 2 rings (SSSR count). The van der Waals surface area contributed by atoms with Gasteiger partial charge in [0.1, 0.15) is 5.60 Å². The molecule has 0 saturated carbocycles. The third-order valence-electron chi connectivity index (χ3n) is 2.12. The van der Waals surface area contributed by atoms with Gasteiger partial charge in [-0.25, -0.2) is 0 Å². The maximum absolute atomic E-state index is 9.12. The van der Waals surface area contributed by atoms with Crippen molar-refractivity contribution in [1.82, 2.24) is 0 Å². The van der Waals surface area contributed by atoms with Gasteiger partial charge in [0.05, 0.1) is 0 Å². The molecule has 0 aromatic heterocycles. The van der Waals surface area contributed by atoms with Gasteiger partial charge in [0.2, 0.25) is 0 Å². The lowest BCUT2D eigenvalue weighted by atomic mass is 10.0. The minimum atomic E-state index is -0.620. The molecular formula is C9H10O2. The minimum Gasteiger partial charge on any atom is -0.365 e. The molecule has 2 heteroatoms. The van der Waals surface area contributed by atoms with Gasteiger partial charge in [0.25, 0.3) is 0 Å². The van der Waals surface area contributed by atoms with E-state index in [-0.39, 0.29) is 0 Å². The molecule has 1 saturated heterocycles. The van der Waals surface area contributed by atoms with Crippen LogP contribution in [0.2, 0.25) is 0 Å². The second-order valence-corrected chi connectivity index (χ2v) is 2.94. The molecule has 11 heavy (non-hydrogen) atoms. The first kappa shape index (κ1) is 6.83. The molecule has 0 aliphatic carbocycles. The molecule has 2 nitrogen and oxygen atoms in total. The molecule has 1 aliphatic heterocycles. The van der Waals surface area contributed by atoms with E-state index in [2.05, 4.69) is 0 Å². The molecule has 1 aromatic carbocycles. The standard InChI is InChI=1S/C9H10O2/c1-9(8(10)11-9)7-5-3-2-4-6-7/h2-6,8,10H,1H3/t8-,9-/m0/s1. The maximum atomic E-state index is 9.12. The molecule has 0 radical (unpaired) electrons. The molecule has 1 N–H and O–H groups in total. The SMILES string of the molecule is C[C@@]1(c2ccccc2)O[C@@H]1O. The molecule has 0 unspecified atom stereocenters. The van der Waals surface area contributed by atoms with Crippen molar-refractivity contribution >= 4 is 0 Å². The third-order valence-corrected chi connectivity index (χ3v) is 2.12. The van der Waals surface area contributed by atoms with Crippen LogP contribution in [-0.2, 0) is 10.3 Å². The van der Waals surface area contributed by atoms with Crippen LogP contribution in [-0.4, -0.2) is 11.4 Å². The van der Waals surface area contributed by atoms with Crippen molar-refractivity contribution in [3.8, 4) is 0 Å². The molecule has 1 heterocycles. The Morgan fingerprint density at radius 1 is 1.36 bits per heavy atom. The summed E-state index contributed by atoms with van der Waals surface area (Å²) >= 11 is 0. The predicted octanol–water partition coefficient (Wildman–Crippen LogP) is 1.25. The Kier molecular flexibility index (Phi) is 1.28. The van der Waals surface area contributed by atoms with E-state index >= 15 is 0 Å². The summed E-state index contributed by atoms with van der Waals surface area (Å²) in [4.78, 5) is 0. The Bertz CT molecular complexity index is 258. The normalized spacial score (nSPS) is 35.3. The van der Waals surface area contributed by atoms with Gasteiger partial charge in [0, 0.05) is 0 Å². The molecule has 1 aromatic rings. The van der Waals surface area contributed by atoms with Gasteiger partial charge >= 0.3 is 0 Å². The second kappa shape index (κ2) is 2.06. The van der Waals surface area contributed by atoms with Gasteiger partial charge < -0.3 is 9.84 Å². The number of aliphatic hydroxyl groups is 1. The van der Waals surface area contributed by atoms with Gasteiger partial charge in [-0.3, -0.25) is 0 Å². The number of hydrogen-bond donors (Lipinski definition) is 1. The third kappa shape index (κ3) is 0.951. The van der Waals surface area contributed by atoms with Crippen molar-refractivity contribution in [3.05, 3.63) is 35.9 Å². The smallest absolute Gasteiger partial charge is 0.189 e. The van der Waals surface area contributed by atoms with E-state index < -0.39 is 11.9 Å². The van der Waals surface area contributed by atoms with Crippen LogP contribution in [0.15, 0.2) is 30.3 Å². The Morgan fingerprint density at radius 3 is 2.36 bits per heavy atom. The molecule has 58 valence electrons. The van der Waals surface area contributed by atoms with Crippen molar-refractivity contribution < 1.29 is 9.84 Å². The number of benzene rings is 1. The summed E-state index contributed by atoms with van der Waals surface area (Å²) in [6, 6.07) is 9.73. The number of ether oxygens (including phenoxy) is 1. The van der Waals surface area contributed by atoms with E-state index in [0.29, 0.717) is 0 Å². The lowest BCUT2D eigenvalue weighted by Crippen LogP contribution is -2.06. The highest BCUT2D eigenvalue weighted by Crippen LogP contribution is 2.43. The van der Waals surface area contributed by atoms with Crippen molar-refractivity contribution in [3.63, 3.8) is 0 Å². The van der Waals surface area contributed by atoms with Gasteiger partial charge in [-0.05, 0) is 12.5 Å². The Morgan fingerprint density at radius 2 is 1.91 bits per heavy atom. The Hall–Kier alpha value is -0.860. The highest BCUT2D eigenvalue weighted by Gasteiger charge is 2.52. The molecule has 2 atom stereocenters. The molecule has 1 aliphatic rings. The van der Waals surface area contributed by atoms with Gasteiger partial charge in [-0.2, -0.15) is 0 Å². The van der Waals surface area contributed by atoms with E-state index in [4.69, 9.17) is 9.84 Å². The van der Waals surface area contributed by atoms with Gasteiger partial charge in [-0.15, -0.1) is 0 Å². The fraction of sp³-hybridized carbons (Fsp3) is 0.333. The fourth-order valence-corrected chi connectivity index (χ4v) is 1.18. The van der Waals surface area contributed by atoms with Crippen LogP contribution >= 0.6 is 0 Å². The van der Waals surface area contributed by atoms with Crippen molar-refractivity contribution in [2.75, 3.05) is 0 Å². The highest BCUT2D eigenvalue weighted by atomic mass is 16.7. The van der Waals surface area contributed by atoms with Crippen LogP contribution in [0.25, 0.3) is 0 Å². The largest absolute Gasteiger partial charge is 0.365 e. The summed E-state index contributed by atoms with van der Waals surface area (Å²) in [5.74, 6) is 0. The molecule has 0 spiro atoms. The zero-order valence-corrected chi connectivity index (χ0v) is 6.32. The van der Waals surface area contributed by atoms with Gasteiger partial charge in [0.15, 0.2) is 6.29 Å². The summed E-state index contributed by atoms with van der Waals surface area (Å²) < 4.78 is 5.05. The predicted molar refractivity (Wildman–Crippen MR) is 40.9 cm³/mol. The van der Waals surface area contributed by atoms with Crippen LogP contribution in [0.1, 0.15) is 12.5 Å². The lowest BCUT2D eigenvalue weighted by molar-refractivity contribution is 0.155. The summed E-state index contributed by atoms with van der Waals surface area (Å²) in [6.45, 7) is 1.88. The van der Waals surface area contributed by atoms with Crippen LogP contribution in [0, 0.1) is 0 Å². The van der Waals surface area contributed by atoms with Crippen molar-refractivity contribution in [2.24, 2.45) is 0 Å². The number of hydrogen-bond acceptors (Lipinski definition) is 2. The molecule has 0 bridgehead atoms. The van der Waals surface area contributed by atoms with Crippen LogP contribution < -0.4 is 0 Å².